The van der Waals surface area contributed by atoms with Gasteiger partial charge in [-0.3, -0.25) is 4.79 Å². The van der Waals surface area contributed by atoms with Gasteiger partial charge in [0.1, 0.15) is 10.6 Å². The Kier molecular flexibility index (Phi) is 15.3. The van der Waals surface area contributed by atoms with E-state index in [0.717, 1.165) is 24.8 Å². The predicted octanol–water partition coefficient (Wildman–Crippen LogP) is 8.86. The molecule has 0 aromatic heterocycles. The van der Waals surface area contributed by atoms with Crippen molar-refractivity contribution < 1.29 is 17.4 Å². The lowest BCUT2D eigenvalue weighted by atomic mass is 10.0. The van der Waals surface area contributed by atoms with Gasteiger partial charge in [0.25, 0.3) is 0 Å². The minimum Gasteiger partial charge on any atom is -0.379 e. The van der Waals surface area contributed by atoms with E-state index in [0.29, 0.717) is 16.3 Å². The van der Waals surface area contributed by atoms with Crippen LogP contribution in [0.3, 0.4) is 0 Å². The summed E-state index contributed by atoms with van der Waals surface area (Å²) in [5.41, 5.74) is 2.09. The normalized spacial score (nSPS) is 16.3. The number of aryl methyl sites for hydroxylation is 2. The largest absolute Gasteiger partial charge is 0.379 e. The maximum absolute atomic E-state index is 12.8. The maximum Gasteiger partial charge on any atom is 0.339 e. The summed E-state index contributed by atoms with van der Waals surface area (Å²) < 4.78 is 31.1. The van der Waals surface area contributed by atoms with Crippen LogP contribution in [0.25, 0.3) is 0 Å². The predicted molar refractivity (Wildman–Crippen MR) is 180 cm³/mol. The third kappa shape index (κ3) is 12.9. The molecule has 3 rings (SSSR count). The van der Waals surface area contributed by atoms with Gasteiger partial charge in [-0.05, 0) is 55.2 Å². The molecule has 43 heavy (non-hydrogen) atoms. The molecule has 7 nitrogen and oxygen atoms in total. The fraction of sp³-hybridized carbons (Fsp3) is 0.559. The van der Waals surface area contributed by atoms with E-state index in [1.54, 1.807) is 43.3 Å². The van der Waals surface area contributed by atoms with E-state index in [-0.39, 0.29) is 21.8 Å². The molecule has 1 N–H and O–H groups in total. The number of hydrogen-bond acceptors (Lipinski definition) is 7. The second-order valence-corrected chi connectivity index (χ2v) is 14.2. The highest BCUT2D eigenvalue weighted by Gasteiger charge is 2.29. The number of nitrogens with zero attached hydrogens (tertiary/aromatic N) is 2. The number of hydrogen-bond donors (Lipinski definition) is 1. The van der Waals surface area contributed by atoms with E-state index < -0.39 is 10.1 Å². The lowest BCUT2D eigenvalue weighted by molar-refractivity contribution is -0.118. The van der Waals surface area contributed by atoms with Crippen molar-refractivity contribution in [3.63, 3.8) is 0 Å². The number of carbonyl (C=O) groups is 1. The Labute approximate surface area is 263 Å². The van der Waals surface area contributed by atoms with Gasteiger partial charge in [-0.2, -0.15) is 13.5 Å². The summed E-state index contributed by atoms with van der Waals surface area (Å²) in [7, 11) is -3.97. The lowest BCUT2D eigenvalue weighted by Gasteiger charge is -2.10. The third-order valence-corrected chi connectivity index (χ3v) is 10.2. The zero-order chi connectivity index (χ0) is 30.9. The summed E-state index contributed by atoms with van der Waals surface area (Å²) in [6.45, 7) is 5.84. The van der Waals surface area contributed by atoms with Crippen LogP contribution in [0.1, 0.15) is 120 Å². The first-order chi connectivity index (χ1) is 20.8. The second-order valence-electron chi connectivity index (χ2n) is 11.5. The highest BCUT2D eigenvalue weighted by Crippen LogP contribution is 2.26. The van der Waals surface area contributed by atoms with Crippen LogP contribution in [0.2, 0.25) is 0 Å². The van der Waals surface area contributed by atoms with Crippen molar-refractivity contribution in [3.8, 4) is 5.75 Å². The molecule has 0 bridgehead atoms. The van der Waals surface area contributed by atoms with Crippen molar-refractivity contribution in [2.75, 3.05) is 0 Å². The molecule has 1 heterocycles. The van der Waals surface area contributed by atoms with Gasteiger partial charge in [-0.15, -0.1) is 5.10 Å². The molecular weight excluding hydrogens is 579 g/mol. The Morgan fingerprint density at radius 3 is 2.14 bits per heavy atom. The van der Waals surface area contributed by atoms with Crippen molar-refractivity contribution in [2.24, 2.45) is 10.2 Å². The highest BCUT2D eigenvalue weighted by molar-refractivity contribution is 8.15. The molecule has 1 amide bonds. The van der Waals surface area contributed by atoms with Gasteiger partial charge in [0.05, 0.1) is 11.5 Å². The minimum atomic E-state index is -3.97. The van der Waals surface area contributed by atoms with Gasteiger partial charge < -0.3 is 9.50 Å². The topological polar surface area (TPSA) is 97.2 Å². The first kappa shape index (κ1) is 34.8. The standard InChI is InChI=1S/C34H49N3O4S2/c1-4-5-6-7-8-9-10-11-12-13-14-15-16-17-21-31-33(38)36-34(42-31)37-35-26-29-19-18-20-30(25-29)41-43(39,40)32-24-27(2)22-23-28(32)3/h18-20,22-26,31H,4-17,21H2,1-3H3,(H,36,37,38)/b35-26-/t31-/m0/s1. The van der Waals surface area contributed by atoms with Crippen LogP contribution >= 0.6 is 11.8 Å². The molecule has 9 heteroatoms. The quantitative estimate of drug-likeness (QED) is 0.0684. The number of thioether (sulfide) groups is 1. The summed E-state index contributed by atoms with van der Waals surface area (Å²) in [5.74, 6) is 0.176. The molecule has 236 valence electrons. The van der Waals surface area contributed by atoms with Crippen molar-refractivity contribution in [3.05, 3.63) is 59.2 Å². The number of benzene rings is 2. The van der Waals surface area contributed by atoms with Crippen LogP contribution in [-0.4, -0.2) is 31.0 Å². The Bertz CT molecular complexity index is 1320. The zero-order valence-corrected chi connectivity index (χ0v) is 27.8. The molecule has 2 aromatic carbocycles. The minimum absolute atomic E-state index is 0.0132. The van der Waals surface area contributed by atoms with Crippen molar-refractivity contribution in [2.45, 2.75) is 127 Å². The van der Waals surface area contributed by atoms with E-state index in [2.05, 4.69) is 22.4 Å². The average Bonchev–Trinajstić information content (AvgIpc) is 3.33. The molecule has 0 unspecified atom stereocenters. The summed E-state index contributed by atoms with van der Waals surface area (Å²) in [6, 6.07) is 11.9. The van der Waals surface area contributed by atoms with Gasteiger partial charge in [-0.25, -0.2) is 0 Å². The van der Waals surface area contributed by atoms with Crippen LogP contribution in [-0.2, 0) is 14.9 Å². The zero-order valence-electron chi connectivity index (χ0n) is 26.1. The third-order valence-electron chi connectivity index (χ3n) is 7.63. The molecule has 2 aromatic rings. The molecule has 0 radical (unpaired) electrons. The molecule has 1 saturated heterocycles. The second kappa shape index (κ2) is 18.9. The van der Waals surface area contributed by atoms with E-state index >= 15 is 0 Å². The van der Waals surface area contributed by atoms with Crippen LogP contribution < -0.4 is 9.50 Å². The summed E-state index contributed by atoms with van der Waals surface area (Å²) in [6.07, 6.45) is 20.8. The summed E-state index contributed by atoms with van der Waals surface area (Å²) >= 11 is 1.42. The van der Waals surface area contributed by atoms with Gasteiger partial charge in [0.15, 0.2) is 5.17 Å². The molecule has 1 aliphatic rings. The number of amidine groups is 1. The Morgan fingerprint density at radius 2 is 1.49 bits per heavy atom. The number of carbonyl (C=O) groups excluding carboxylic acids is 1. The lowest BCUT2D eigenvalue weighted by Crippen LogP contribution is -2.24. The van der Waals surface area contributed by atoms with Crippen molar-refractivity contribution in [1.29, 1.82) is 0 Å². The van der Waals surface area contributed by atoms with Crippen LogP contribution in [0.15, 0.2) is 57.6 Å². The van der Waals surface area contributed by atoms with Crippen molar-refractivity contribution >= 4 is 39.2 Å². The number of amides is 1. The highest BCUT2D eigenvalue weighted by atomic mass is 32.2. The van der Waals surface area contributed by atoms with Crippen LogP contribution in [0.4, 0.5) is 0 Å². The molecule has 1 fully saturated rings. The fourth-order valence-electron chi connectivity index (χ4n) is 5.11. The summed E-state index contributed by atoms with van der Waals surface area (Å²) in [4.78, 5) is 12.5. The number of rotatable bonds is 20. The van der Waals surface area contributed by atoms with Gasteiger partial charge in [0.2, 0.25) is 5.91 Å². The Hall–Kier alpha value is -2.65. The SMILES string of the molecule is CCCCCCCCCCCCCCCC[C@@H]1S/C(=N\N=C/c2cccc(OS(=O)(=O)c3cc(C)ccc3C)c2)NC1=O. The smallest absolute Gasteiger partial charge is 0.339 e. The van der Waals surface area contributed by atoms with E-state index in [4.69, 9.17) is 4.18 Å². The first-order valence-electron chi connectivity index (χ1n) is 16.0. The van der Waals surface area contributed by atoms with Gasteiger partial charge >= 0.3 is 10.1 Å². The molecule has 1 aliphatic heterocycles. The molecule has 0 spiro atoms. The number of nitrogens with one attached hydrogen (secondary N) is 1. The van der Waals surface area contributed by atoms with Gasteiger partial charge in [-0.1, -0.05) is 133 Å². The van der Waals surface area contributed by atoms with Crippen molar-refractivity contribution in [1.82, 2.24) is 5.32 Å². The van der Waals surface area contributed by atoms with Crippen LogP contribution in [0, 0.1) is 13.8 Å². The van der Waals surface area contributed by atoms with E-state index in [9.17, 15) is 13.2 Å². The van der Waals surface area contributed by atoms with E-state index in [1.807, 2.05) is 13.0 Å². The molecule has 1 atom stereocenters. The average molecular weight is 628 g/mol. The first-order valence-corrected chi connectivity index (χ1v) is 18.3. The van der Waals surface area contributed by atoms with Crippen LogP contribution in [0.5, 0.6) is 5.75 Å². The molecule has 0 saturated carbocycles. The van der Waals surface area contributed by atoms with Gasteiger partial charge in [0, 0.05) is 0 Å². The summed E-state index contributed by atoms with van der Waals surface area (Å²) in [5, 5.41) is 11.5. The monoisotopic (exact) mass is 627 g/mol. The molecular formula is C34H49N3O4S2. The fourth-order valence-corrected chi connectivity index (χ4v) is 7.32. The molecule has 0 aliphatic carbocycles. The Balaban J connectivity index is 1.33. The number of unbranched alkanes of at least 4 members (excludes halogenated alkanes) is 13. The van der Waals surface area contributed by atoms with E-state index in [1.165, 1.54) is 95.0 Å². The Morgan fingerprint density at radius 1 is 0.860 bits per heavy atom. The maximum atomic E-state index is 12.8.